The molecule has 1 aromatic carbocycles. The highest BCUT2D eigenvalue weighted by Gasteiger charge is 1.96. The minimum absolute atomic E-state index is 0.216. The molecule has 0 aliphatic heterocycles. The van der Waals surface area contributed by atoms with Crippen LogP contribution >= 0.6 is 0 Å². The Labute approximate surface area is 106 Å². The molecule has 0 heterocycles. The van der Waals surface area contributed by atoms with Crippen molar-refractivity contribution in [2.75, 3.05) is 0 Å². The van der Waals surface area contributed by atoms with E-state index in [2.05, 4.69) is 31.2 Å². The lowest BCUT2D eigenvalue weighted by Crippen LogP contribution is -2.10. The first-order valence-electron chi connectivity index (χ1n) is 6.52. The molecule has 0 radical (unpaired) electrons. The van der Waals surface area contributed by atoms with Gasteiger partial charge in [0.25, 0.3) is 0 Å². The molecule has 2 N–H and O–H groups in total. The van der Waals surface area contributed by atoms with Gasteiger partial charge in [-0.2, -0.15) is 0 Å². The molecule has 0 aromatic heterocycles. The molecule has 1 rings (SSSR count). The predicted octanol–water partition coefficient (Wildman–Crippen LogP) is 3.86. The van der Waals surface area contributed by atoms with Gasteiger partial charge in [0.05, 0.1) is 0 Å². The molecule has 2 heteroatoms. The van der Waals surface area contributed by atoms with Crippen LogP contribution in [0.2, 0.25) is 0 Å². The summed E-state index contributed by atoms with van der Waals surface area (Å²) in [6, 6.07) is 8.35. The summed E-state index contributed by atoms with van der Waals surface area (Å²) in [4.78, 5) is 10.5. The molecule has 0 fully saturated rings. The summed E-state index contributed by atoms with van der Waals surface area (Å²) in [7, 11) is 0. The standard InChI is InChI=1S/C11H15NO.2C2H6/c1-9-5-7-10(8-6-9)3-2-4-11(12)13;2*1-2/h5-8H,2-4H2,1H3,(H2,12,13);2*1-2H3. The summed E-state index contributed by atoms with van der Waals surface area (Å²) in [5, 5.41) is 0. The van der Waals surface area contributed by atoms with E-state index in [0.29, 0.717) is 6.42 Å². The monoisotopic (exact) mass is 237 g/mol. The Bertz CT molecular complexity index is 277. The molecular weight excluding hydrogens is 210 g/mol. The van der Waals surface area contributed by atoms with Gasteiger partial charge in [-0.3, -0.25) is 4.79 Å². The highest BCUT2D eigenvalue weighted by atomic mass is 16.1. The lowest BCUT2D eigenvalue weighted by atomic mass is 10.1. The number of rotatable bonds is 4. The second-order valence-corrected chi connectivity index (χ2v) is 3.31. The van der Waals surface area contributed by atoms with Crippen LogP contribution in [-0.2, 0) is 11.2 Å². The van der Waals surface area contributed by atoms with Crippen LogP contribution in [0.4, 0.5) is 0 Å². The summed E-state index contributed by atoms with van der Waals surface area (Å²) in [5.74, 6) is -0.216. The number of carbonyl (C=O) groups is 1. The first-order chi connectivity index (χ1) is 8.18. The molecule has 0 bridgehead atoms. The van der Waals surface area contributed by atoms with Crippen LogP contribution in [0.25, 0.3) is 0 Å². The Morgan fingerprint density at radius 3 is 1.94 bits per heavy atom. The molecule has 0 saturated heterocycles. The molecule has 0 aliphatic carbocycles. The number of primary amides is 1. The maximum Gasteiger partial charge on any atom is 0.217 e. The average Bonchev–Trinajstić information content (AvgIpc) is 2.36. The Morgan fingerprint density at radius 2 is 1.53 bits per heavy atom. The normalized spacial score (nSPS) is 8.29. The van der Waals surface area contributed by atoms with E-state index >= 15 is 0 Å². The van der Waals surface area contributed by atoms with Gasteiger partial charge in [-0.1, -0.05) is 57.5 Å². The van der Waals surface area contributed by atoms with Gasteiger partial charge in [-0.25, -0.2) is 0 Å². The summed E-state index contributed by atoms with van der Waals surface area (Å²) in [6.07, 6.45) is 2.26. The van der Waals surface area contributed by atoms with E-state index in [-0.39, 0.29) is 5.91 Å². The summed E-state index contributed by atoms with van der Waals surface area (Å²) in [5.41, 5.74) is 7.57. The van der Waals surface area contributed by atoms with Crippen LogP contribution in [0.5, 0.6) is 0 Å². The van der Waals surface area contributed by atoms with Gasteiger partial charge in [-0.15, -0.1) is 0 Å². The minimum atomic E-state index is -0.216. The quantitative estimate of drug-likeness (QED) is 0.849. The second-order valence-electron chi connectivity index (χ2n) is 3.31. The molecule has 0 saturated carbocycles. The van der Waals surface area contributed by atoms with Crippen molar-refractivity contribution in [3.05, 3.63) is 35.4 Å². The lowest BCUT2D eigenvalue weighted by molar-refractivity contribution is -0.118. The fourth-order valence-electron chi connectivity index (χ4n) is 1.22. The summed E-state index contributed by atoms with van der Waals surface area (Å²) >= 11 is 0. The van der Waals surface area contributed by atoms with E-state index in [0.717, 1.165) is 12.8 Å². The first-order valence-corrected chi connectivity index (χ1v) is 6.52. The Balaban J connectivity index is 0. The van der Waals surface area contributed by atoms with Gasteiger partial charge in [0.2, 0.25) is 5.91 Å². The van der Waals surface area contributed by atoms with Crippen LogP contribution in [0, 0.1) is 6.92 Å². The Hall–Kier alpha value is -1.31. The third-order valence-corrected chi connectivity index (χ3v) is 2.01. The third kappa shape index (κ3) is 11.0. The number of hydrogen-bond acceptors (Lipinski definition) is 1. The van der Waals surface area contributed by atoms with Crippen molar-refractivity contribution >= 4 is 5.91 Å². The fourth-order valence-corrected chi connectivity index (χ4v) is 1.22. The van der Waals surface area contributed by atoms with Gasteiger partial charge in [0.15, 0.2) is 0 Å². The smallest absolute Gasteiger partial charge is 0.217 e. The van der Waals surface area contributed by atoms with Crippen molar-refractivity contribution in [1.29, 1.82) is 0 Å². The van der Waals surface area contributed by atoms with E-state index in [1.165, 1.54) is 11.1 Å². The Morgan fingerprint density at radius 1 is 1.06 bits per heavy atom. The third-order valence-electron chi connectivity index (χ3n) is 2.01. The highest BCUT2D eigenvalue weighted by Crippen LogP contribution is 2.06. The van der Waals surface area contributed by atoms with E-state index < -0.39 is 0 Å². The molecule has 1 aromatic rings. The van der Waals surface area contributed by atoms with Crippen LogP contribution in [0.3, 0.4) is 0 Å². The molecule has 0 unspecified atom stereocenters. The molecule has 1 amide bonds. The largest absolute Gasteiger partial charge is 0.370 e. The molecule has 98 valence electrons. The second kappa shape index (κ2) is 12.8. The van der Waals surface area contributed by atoms with E-state index in [1.54, 1.807) is 0 Å². The van der Waals surface area contributed by atoms with Crippen molar-refractivity contribution < 1.29 is 4.79 Å². The Kier molecular flexibility index (Phi) is 13.6. The summed E-state index contributed by atoms with van der Waals surface area (Å²) < 4.78 is 0. The van der Waals surface area contributed by atoms with Crippen LogP contribution in [0.15, 0.2) is 24.3 Å². The van der Waals surface area contributed by atoms with Gasteiger partial charge < -0.3 is 5.73 Å². The SMILES string of the molecule is CC.CC.Cc1ccc(CCCC(N)=O)cc1. The van der Waals surface area contributed by atoms with E-state index in [1.807, 2.05) is 27.7 Å². The minimum Gasteiger partial charge on any atom is -0.370 e. The topological polar surface area (TPSA) is 43.1 Å². The van der Waals surface area contributed by atoms with Gasteiger partial charge >= 0.3 is 0 Å². The number of benzene rings is 1. The number of hydrogen-bond donors (Lipinski definition) is 1. The number of aryl methyl sites for hydroxylation is 2. The van der Waals surface area contributed by atoms with Crippen molar-refractivity contribution in [3.63, 3.8) is 0 Å². The number of amides is 1. The van der Waals surface area contributed by atoms with Crippen LogP contribution in [0.1, 0.15) is 51.7 Å². The molecule has 0 aliphatic rings. The summed E-state index contributed by atoms with van der Waals surface area (Å²) in [6.45, 7) is 10.1. The van der Waals surface area contributed by atoms with Gasteiger partial charge in [0, 0.05) is 6.42 Å². The van der Waals surface area contributed by atoms with Gasteiger partial charge in [-0.05, 0) is 25.3 Å². The van der Waals surface area contributed by atoms with E-state index in [4.69, 9.17) is 5.73 Å². The fraction of sp³-hybridized carbons (Fsp3) is 0.533. The molecule has 2 nitrogen and oxygen atoms in total. The van der Waals surface area contributed by atoms with Crippen molar-refractivity contribution in [2.24, 2.45) is 5.73 Å². The van der Waals surface area contributed by atoms with Crippen molar-refractivity contribution in [2.45, 2.75) is 53.9 Å². The first kappa shape index (κ1) is 18.1. The zero-order valence-corrected chi connectivity index (χ0v) is 11.9. The number of carbonyl (C=O) groups excluding carboxylic acids is 1. The lowest BCUT2D eigenvalue weighted by Gasteiger charge is -2.00. The van der Waals surface area contributed by atoms with Gasteiger partial charge in [0.1, 0.15) is 0 Å². The molecule has 0 spiro atoms. The van der Waals surface area contributed by atoms with Crippen LogP contribution < -0.4 is 5.73 Å². The molecular formula is C15H27NO. The molecule has 17 heavy (non-hydrogen) atoms. The number of nitrogens with two attached hydrogens (primary N) is 1. The zero-order chi connectivity index (χ0) is 13.7. The maximum atomic E-state index is 10.5. The van der Waals surface area contributed by atoms with E-state index in [9.17, 15) is 4.79 Å². The van der Waals surface area contributed by atoms with Crippen molar-refractivity contribution in [1.82, 2.24) is 0 Å². The molecule has 0 atom stereocenters. The van der Waals surface area contributed by atoms with Crippen molar-refractivity contribution in [3.8, 4) is 0 Å². The zero-order valence-electron chi connectivity index (χ0n) is 11.9. The van der Waals surface area contributed by atoms with Crippen LogP contribution in [-0.4, -0.2) is 5.91 Å². The predicted molar refractivity (Wildman–Crippen MR) is 76.0 cm³/mol. The maximum absolute atomic E-state index is 10.5. The highest BCUT2D eigenvalue weighted by molar-refractivity contribution is 5.73. The average molecular weight is 237 g/mol.